The molecule has 1 atom stereocenters. The van der Waals surface area contributed by atoms with Gasteiger partial charge in [0.1, 0.15) is 0 Å². The minimum absolute atomic E-state index is 0. The number of hydrogen-bond donors (Lipinski definition) is 1. The largest absolute Gasteiger partial charge is 0.319 e. The molecule has 11 heavy (non-hydrogen) atoms. The quantitative estimate of drug-likeness (QED) is 0.473. The van der Waals surface area contributed by atoms with Crippen molar-refractivity contribution in [3.05, 3.63) is 0 Å². The Balaban J connectivity index is 0.00000121. The molecule has 1 fully saturated rings. The van der Waals surface area contributed by atoms with E-state index in [1.54, 1.807) is 0 Å². The smallest absolute Gasteiger partial charge is 0.176 e. The Bertz CT molecular complexity index is 155. The summed E-state index contributed by atoms with van der Waals surface area (Å²) < 4.78 is 0. The van der Waals surface area contributed by atoms with Gasteiger partial charge in [-0.1, -0.05) is 6.92 Å². The Kier molecular flexibility index (Phi) is 3.18. The zero-order valence-corrected chi connectivity index (χ0v) is 7.01. The molecular weight excluding hydrogens is 138 g/mol. The van der Waals surface area contributed by atoms with E-state index in [9.17, 15) is 0 Å². The maximum atomic E-state index is 8.40. The summed E-state index contributed by atoms with van der Waals surface area (Å²) in [7, 11) is 0. The Morgan fingerprint density at radius 3 is 3.27 bits per heavy atom. The first-order chi connectivity index (χ1) is 5.36. The second-order valence-corrected chi connectivity index (χ2v) is 2.99. The van der Waals surface area contributed by atoms with Crippen molar-refractivity contribution < 1.29 is 1.43 Å². The molecule has 0 aromatic rings. The summed E-state index contributed by atoms with van der Waals surface area (Å²) in [5.41, 5.74) is 0. The van der Waals surface area contributed by atoms with Crippen LogP contribution in [0.2, 0.25) is 0 Å². The normalized spacial score (nSPS) is 26.0. The van der Waals surface area contributed by atoms with Crippen LogP contribution < -0.4 is 5.32 Å². The van der Waals surface area contributed by atoms with Crippen LogP contribution in [-0.2, 0) is 0 Å². The van der Waals surface area contributed by atoms with Crippen molar-refractivity contribution in [1.29, 1.82) is 5.26 Å². The second-order valence-electron chi connectivity index (χ2n) is 2.99. The van der Waals surface area contributed by atoms with Crippen LogP contribution in [0.25, 0.3) is 0 Å². The highest BCUT2D eigenvalue weighted by atomic mass is 15.2. The van der Waals surface area contributed by atoms with Crippen molar-refractivity contribution in [2.75, 3.05) is 19.6 Å². The molecule has 0 spiro atoms. The van der Waals surface area contributed by atoms with Gasteiger partial charge in [-0.05, 0) is 25.9 Å². The molecular formula is C8H17N3. The Labute approximate surface area is 69.5 Å². The number of nitriles is 1. The zero-order valence-electron chi connectivity index (χ0n) is 7.01. The molecule has 1 unspecified atom stereocenters. The van der Waals surface area contributed by atoms with Crippen LogP contribution in [0.1, 0.15) is 21.2 Å². The molecule has 0 amide bonds. The minimum Gasteiger partial charge on any atom is -0.319 e. The lowest BCUT2D eigenvalue weighted by Crippen LogP contribution is -2.43. The number of hydrogen-bond acceptors (Lipinski definition) is 3. The van der Waals surface area contributed by atoms with Gasteiger partial charge in [0.05, 0.1) is 0 Å². The maximum absolute atomic E-state index is 8.40. The summed E-state index contributed by atoms with van der Waals surface area (Å²) in [5, 5.41) is 11.2. The summed E-state index contributed by atoms with van der Waals surface area (Å²) in [6.07, 6.45) is 4.36. The van der Waals surface area contributed by atoms with Crippen LogP contribution in [0.5, 0.6) is 0 Å². The number of nitrogens with zero attached hydrogens (tertiary/aromatic N) is 2. The molecule has 0 aliphatic carbocycles. The highest BCUT2D eigenvalue weighted by Crippen LogP contribution is 2.08. The third-order valence-corrected chi connectivity index (χ3v) is 2.22. The van der Waals surface area contributed by atoms with Crippen LogP contribution in [0.3, 0.4) is 0 Å². The monoisotopic (exact) mass is 155 g/mol. The Morgan fingerprint density at radius 2 is 2.64 bits per heavy atom. The molecule has 1 rings (SSSR count). The van der Waals surface area contributed by atoms with Gasteiger partial charge in [-0.3, -0.25) is 0 Å². The molecule has 3 nitrogen and oxygen atoms in total. The molecule has 1 aliphatic heterocycles. The lowest BCUT2D eigenvalue weighted by atomic mass is 10.1. The van der Waals surface area contributed by atoms with Gasteiger partial charge in [-0.2, -0.15) is 5.26 Å². The number of rotatable bonds is 2. The first-order valence-corrected chi connectivity index (χ1v) is 4.23. The minimum atomic E-state index is 0. The van der Waals surface area contributed by atoms with Crippen molar-refractivity contribution in [2.45, 2.75) is 25.8 Å². The Hall–Kier alpha value is -0.750. The zero-order chi connectivity index (χ0) is 8.10. The summed E-state index contributed by atoms with van der Waals surface area (Å²) in [6, 6.07) is 0.397. The SMILES string of the molecule is CCN1CCCC(NC#N)C1.[HH]. The third-order valence-electron chi connectivity index (χ3n) is 2.22. The first-order valence-electron chi connectivity index (χ1n) is 4.23. The number of likely N-dealkylation sites (N-methyl/N-ethyl adjacent to an activating group) is 1. The van der Waals surface area contributed by atoms with Crippen molar-refractivity contribution in [1.82, 2.24) is 10.2 Å². The van der Waals surface area contributed by atoms with E-state index >= 15 is 0 Å². The highest BCUT2D eigenvalue weighted by Gasteiger charge is 2.17. The number of piperidine rings is 1. The van der Waals surface area contributed by atoms with Gasteiger partial charge < -0.3 is 10.2 Å². The Morgan fingerprint density at radius 1 is 1.82 bits per heavy atom. The van der Waals surface area contributed by atoms with Gasteiger partial charge in [0, 0.05) is 14.0 Å². The van der Waals surface area contributed by atoms with Crippen LogP contribution in [0.15, 0.2) is 0 Å². The summed E-state index contributed by atoms with van der Waals surface area (Å²) in [4.78, 5) is 2.37. The molecule has 0 bridgehead atoms. The molecule has 3 heteroatoms. The molecule has 64 valence electrons. The average Bonchev–Trinajstić information content (AvgIpc) is 2.06. The number of nitrogens with one attached hydrogen (secondary N) is 1. The van der Waals surface area contributed by atoms with Crippen molar-refractivity contribution in [2.24, 2.45) is 0 Å². The van der Waals surface area contributed by atoms with Gasteiger partial charge in [0.2, 0.25) is 0 Å². The fourth-order valence-corrected chi connectivity index (χ4v) is 1.55. The molecule has 0 aromatic heterocycles. The average molecular weight is 155 g/mol. The molecule has 0 saturated carbocycles. The summed E-state index contributed by atoms with van der Waals surface area (Å²) in [5.74, 6) is 0. The van der Waals surface area contributed by atoms with Gasteiger partial charge in [0.15, 0.2) is 6.19 Å². The standard InChI is InChI=1S/C8H15N3.H2/c1-2-11-5-3-4-8(6-11)10-7-9;/h8,10H,2-6H2,1H3;1H. The van der Waals surface area contributed by atoms with E-state index in [2.05, 4.69) is 17.1 Å². The summed E-state index contributed by atoms with van der Waals surface area (Å²) >= 11 is 0. The lowest BCUT2D eigenvalue weighted by Gasteiger charge is -2.30. The lowest BCUT2D eigenvalue weighted by molar-refractivity contribution is 0.208. The van der Waals surface area contributed by atoms with Gasteiger partial charge in [-0.15, -0.1) is 0 Å². The fraction of sp³-hybridized carbons (Fsp3) is 0.875. The van der Waals surface area contributed by atoms with Gasteiger partial charge in [0.25, 0.3) is 0 Å². The van der Waals surface area contributed by atoms with Crippen molar-refractivity contribution >= 4 is 0 Å². The van der Waals surface area contributed by atoms with E-state index in [0.29, 0.717) is 6.04 Å². The third kappa shape index (κ3) is 2.39. The van der Waals surface area contributed by atoms with E-state index in [1.165, 1.54) is 13.0 Å². The predicted molar refractivity (Wildman–Crippen MR) is 46.0 cm³/mol. The molecule has 1 N–H and O–H groups in total. The van der Waals surface area contributed by atoms with E-state index in [0.717, 1.165) is 19.5 Å². The van der Waals surface area contributed by atoms with Crippen LogP contribution in [0.4, 0.5) is 0 Å². The van der Waals surface area contributed by atoms with Gasteiger partial charge >= 0.3 is 0 Å². The van der Waals surface area contributed by atoms with Crippen molar-refractivity contribution in [3.8, 4) is 6.19 Å². The molecule has 0 aromatic carbocycles. The topological polar surface area (TPSA) is 39.1 Å². The van der Waals surface area contributed by atoms with Crippen LogP contribution in [0, 0.1) is 11.5 Å². The molecule has 1 aliphatic rings. The van der Waals surface area contributed by atoms with Gasteiger partial charge in [-0.25, -0.2) is 0 Å². The predicted octanol–water partition coefficient (Wildman–Crippen LogP) is 0.787. The first kappa shape index (κ1) is 8.35. The maximum Gasteiger partial charge on any atom is 0.176 e. The van der Waals surface area contributed by atoms with Crippen molar-refractivity contribution in [3.63, 3.8) is 0 Å². The summed E-state index contributed by atoms with van der Waals surface area (Å²) in [6.45, 7) is 5.49. The second kappa shape index (κ2) is 4.20. The van der Waals surface area contributed by atoms with E-state index in [1.807, 2.05) is 6.19 Å². The van der Waals surface area contributed by atoms with E-state index < -0.39 is 0 Å². The molecule has 1 saturated heterocycles. The van der Waals surface area contributed by atoms with Crippen LogP contribution >= 0.6 is 0 Å². The van der Waals surface area contributed by atoms with Crippen LogP contribution in [-0.4, -0.2) is 30.6 Å². The van der Waals surface area contributed by atoms with E-state index in [4.69, 9.17) is 5.26 Å². The molecule has 0 radical (unpaired) electrons. The molecule has 1 heterocycles. The van der Waals surface area contributed by atoms with E-state index in [-0.39, 0.29) is 1.43 Å². The fourth-order valence-electron chi connectivity index (χ4n) is 1.55. The number of likely N-dealkylation sites (tertiary alicyclic amines) is 1. The highest BCUT2D eigenvalue weighted by molar-refractivity contribution is 4.82.